The van der Waals surface area contributed by atoms with Crippen molar-refractivity contribution in [2.24, 2.45) is 0 Å². The summed E-state index contributed by atoms with van der Waals surface area (Å²) in [7, 11) is 0. The zero-order valence-corrected chi connectivity index (χ0v) is 18.3. The number of nitrogen functional groups attached to an aromatic ring is 1. The summed E-state index contributed by atoms with van der Waals surface area (Å²) in [6.45, 7) is 7.25. The largest absolute Gasteiger partial charge is 0.418 e. The first-order valence-corrected chi connectivity index (χ1v) is 11.1. The summed E-state index contributed by atoms with van der Waals surface area (Å²) in [5.41, 5.74) is 3.88. The maximum Gasteiger partial charge on any atom is 0.418 e. The lowest BCUT2D eigenvalue weighted by molar-refractivity contribution is -0.136. The van der Waals surface area contributed by atoms with Gasteiger partial charge in [0.05, 0.1) is 18.4 Å². The van der Waals surface area contributed by atoms with Gasteiger partial charge in [-0.25, -0.2) is 15.0 Å². The van der Waals surface area contributed by atoms with Gasteiger partial charge in [0.2, 0.25) is 5.82 Å². The topological polar surface area (TPSA) is 109 Å². The maximum atomic E-state index is 13.4. The molecule has 2 fully saturated rings. The number of fused-ring (bicyclic) bond motifs is 1. The number of anilines is 1. The first kappa shape index (κ1) is 23.6. The summed E-state index contributed by atoms with van der Waals surface area (Å²) in [5, 5.41) is 2.86. The molecule has 2 saturated heterocycles. The zero-order valence-electron chi connectivity index (χ0n) is 18.3. The van der Waals surface area contributed by atoms with E-state index in [9.17, 15) is 18.0 Å². The molecule has 12 heteroatoms. The molecule has 4 heterocycles. The number of hydrogen-bond donors (Lipinski definition) is 2. The number of ether oxygens (including phenoxy) is 1. The Morgan fingerprint density at radius 1 is 1.12 bits per heavy atom. The summed E-state index contributed by atoms with van der Waals surface area (Å²) in [5.74, 6) is -1.19. The molecule has 33 heavy (non-hydrogen) atoms. The van der Waals surface area contributed by atoms with Crippen LogP contribution < -0.4 is 11.1 Å². The smallest absolute Gasteiger partial charge is 0.384 e. The number of alkyl halides is 3. The Kier molecular flexibility index (Phi) is 7.25. The van der Waals surface area contributed by atoms with Gasteiger partial charge in [-0.3, -0.25) is 9.69 Å². The third kappa shape index (κ3) is 6.06. The molecule has 0 bridgehead atoms. The normalized spacial score (nSPS) is 19.5. The number of hydrogen-bond acceptors (Lipinski definition) is 8. The van der Waals surface area contributed by atoms with Crippen molar-refractivity contribution < 1.29 is 22.7 Å². The third-order valence-corrected chi connectivity index (χ3v) is 6.04. The fraction of sp³-hybridized carbons (Fsp3) is 0.619. The number of piperidine rings is 1. The van der Waals surface area contributed by atoms with Crippen molar-refractivity contribution in [3.8, 4) is 0 Å². The van der Waals surface area contributed by atoms with Crippen molar-refractivity contribution in [3.63, 3.8) is 0 Å². The van der Waals surface area contributed by atoms with Gasteiger partial charge in [-0.05, 0) is 25.3 Å². The molecule has 0 atom stereocenters. The molecule has 3 N–H and O–H groups in total. The fourth-order valence-electron chi connectivity index (χ4n) is 4.22. The van der Waals surface area contributed by atoms with E-state index in [1.807, 2.05) is 0 Å². The van der Waals surface area contributed by atoms with Crippen LogP contribution in [0.1, 0.15) is 35.4 Å². The summed E-state index contributed by atoms with van der Waals surface area (Å²) in [4.78, 5) is 29.0. The van der Waals surface area contributed by atoms with Gasteiger partial charge in [-0.2, -0.15) is 13.2 Å². The number of aromatic nitrogens is 3. The highest BCUT2D eigenvalue weighted by atomic mass is 19.4. The van der Waals surface area contributed by atoms with Crippen molar-refractivity contribution in [1.29, 1.82) is 0 Å². The molecule has 2 aliphatic heterocycles. The first-order valence-electron chi connectivity index (χ1n) is 11.1. The average Bonchev–Trinajstić information content (AvgIpc) is 3.06. The number of nitrogens with two attached hydrogens (primary N) is 1. The molecule has 0 unspecified atom stereocenters. The second kappa shape index (κ2) is 10.1. The Bertz CT molecular complexity index is 972. The molecule has 0 spiro atoms. The number of pyridine rings is 1. The van der Waals surface area contributed by atoms with Crippen LogP contribution in [0.25, 0.3) is 11.0 Å². The minimum absolute atomic E-state index is 0.0775. The molecule has 1 amide bonds. The van der Waals surface area contributed by atoms with Gasteiger partial charge in [-0.15, -0.1) is 0 Å². The second-order valence-electron chi connectivity index (χ2n) is 8.42. The Morgan fingerprint density at radius 3 is 2.58 bits per heavy atom. The van der Waals surface area contributed by atoms with Gasteiger partial charge < -0.3 is 20.7 Å². The summed E-state index contributed by atoms with van der Waals surface area (Å²) >= 11 is 0. The van der Waals surface area contributed by atoms with Crippen LogP contribution in [0.15, 0.2) is 12.3 Å². The minimum atomic E-state index is -4.68. The highest BCUT2D eigenvalue weighted by Gasteiger charge is 2.35. The molecule has 0 radical (unpaired) electrons. The monoisotopic (exact) mass is 467 g/mol. The first-order chi connectivity index (χ1) is 15.8. The summed E-state index contributed by atoms with van der Waals surface area (Å²) in [6, 6.07) is 0.636. The number of nitrogens with zero attached hydrogens (tertiary/aromatic N) is 5. The number of carbonyl (C=O) groups excluding carboxylic acids is 1. The van der Waals surface area contributed by atoms with Crippen LogP contribution in [0.2, 0.25) is 0 Å². The Balaban J connectivity index is 1.33. The lowest BCUT2D eigenvalue weighted by Gasteiger charge is -2.33. The Morgan fingerprint density at radius 2 is 1.85 bits per heavy atom. The molecule has 2 aliphatic rings. The van der Waals surface area contributed by atoms with Crippen LogP contribution in [0.5, 0.6) is 0 Å². The van der Waals surface area contributed by atoms with Gasteiger partial charge in [0, 0.05) is 51.9 Å². The van der Waals surface area contributed by atoms with Crippen molar-refractivity contribution in [1.82, 2.24) is 30.1 Å². The molecule has 4 rings (SSSR count). The van der Waals surface area contributed by atoms with Crippen molar-refractivity contribution in [2.45, 2.75) is 31.5 Å². The van der Waals surface area contributed by atoms with E-state index in [4.69, 9.17) is 10.5 Å². The van der Waals surface area contributed by atoms with E-state index in [2.05, 4.69) is 30.1 Å². The van der Waals surface area contributed by atoms with Crippen LogP contribution in [-0.4, -0.2) is 89.2 Å². The molecule has 2 aromatic rings. The lowest BCUT2D eigenvalue weighted by atomic mass is 10.0. The quantitative estimate of drug-likeness (QED) is 0.682. The van der Waals surface area contributed by atoms with E-state index in [0.29, 0.717) is 6.07 Å². The lowest BCUT2D eigenvalue weighted by Crippen LogP contribution is -2.46. The number of carbonyl (C=O) groups is 1. The highest BCUT2D eigenvalue weighted by molar-refractivity contribution is 5.93. The van der Waals surface area contributed by atoms with Crippen LogP contribution >= 0.6 is 0 Å². The van der Waals surface area contributed by atoms with Crippen LogP contribution in [0.4, 0.5) is 19.0 Å². The second-order valence-corrected chi connectivity index (χ2v) is 8.42. The van der Waals surface area contributed by atoms with Gasteiger partial charge in [-0.1, -0.05) is 0 Å². The molecule has 2 aromatic heterocycles. The summed E-state index contributed by atoms with van der Waals surface area (Å²) < 4.78 is 45.6. The number of nitrogens with one attached hydrogen (secondary N) is 1. The molecular weight excluding hydrogens is 439 g/mol. The van der Waals surface area contributed by atoms with Gasteiger partial charge in [0.1, 0.15) is 16.9 Å². The number of likely N-dealkylation sites (tertiary alicyclic amines) is 1. The zero-order chi connectivity index (χ0) is 23.4. The summed E-state index contributed by atoms with van der Waals surface area (Å²) in [6.07, 6.45) is -1.01. The SMILES string of the molecule is Nc1cc(C(F)(F)F)c2nc(C(=O)NC3CCN(CCN4CCCOCC4)CC3)ncc2n1. The Hall–Kier alpha value is -2.57. The molecule has 9 nitrogen and oxygen atoms in total. The van der Waals surface area contributed by atoms with E-state index in [1.54, 1.807) is 0 Å². The molecule has 180 valence electrons. The van der Waals surface area contributed by atoms with Crippen molar-refractivity contribution in [2.75, 3.05) is 58.2 Å². The van der Waals surface area contributed by atoms with Crippen LogP contribution in [0, 0.1) is 0 Å². The molecule has 0 aliphatic carbocycles. The molecule has 0 saturated carbocycles. The predicted molar refractivity (Wildman–Crippen MR) is 116 cm³/mol. The van der Waals surface area contributed by atoms with E-state index in [0.717, 1.165) is 77.9 Å². The standard InChI is InChI=1S/C21H28F3N7O2/c22-21(23,24)15-12-17(25)28-16-13-26-19(29-18(15)16)20(32)27-14-2-5-31(6-3-14)8-7-30-4-1-10-33-11-9-30/h12-14H,1-11H2,(H2,25,28)(H,27,32). The van der Waals surface area contributed by atoms with Crippen LogP contribution in [0.3, 0.4) is 0 Å². The van der Waals surface area contributed by atoms with E-state index in [1.165, 1.54) is 0 Å². The number of rotatable bonds is 5. The van der Waals surface area contributed by atoms with E-state index >= 15 is 0 Å². The fourth-order valence-corrected chi connectivity index (χ4v) is 4.22. The molecular formula is C21H28F3N7O2. The molecule has 0 aromatic carbocycles. The van der Waals surface area contributed by atoms with Crippen molar-refractivity contribution in [3.05, 3.63) is 23.7 Å². The predicted octanol–water partition coefficient (Wildman–Crippen LogP) is 1.54. The van der Waals surface area contributed by atoms with E-state index < -0.39 is 23.2 Å². The number of amides is 1. The highest BCUT2D eigenvalue weighted by Crippen LogP contribution is 2.34. The van der Waals surface area contributed by atoms with Crippen molar-refractivity contribution >= 4 is 22.8 Å². The van der Waals surface area contributed by atoms with E-state index in [-0.39, 0.29) is 23.2 Å². The van der Waals surface area contributed by atoms with Gasteiger partial charge in [0.25, 0.3) is 5.91 Å². The number of halogens is 3. The third-order valence-electron chi connectivity index (χ3n) is 6.04. The maximum absolute atomic E-state index is 13.4. The van der Waals surface area contributed by atoms with Crippen LogP contribution in [-0.2, 0) is 10.9 Å². The van der Waals surface area contributed by atoms with Gasteiger partial charge in [0.15, 0.2) is 0 Å². The Labute approximate surface area is 189 Å². The average molecular weight is 467 g/mol. The van der Waals surface area contributed by atoms with Gasteiger partial charge >= 0.3 is 6.18 Å². The minimum Gasteiger partial charge on any atom is -0.384 e.